The SMILES string of the molecule is Cc1ccccc1OCc1nnc(SCc2nnc(-c3ccccc3)o2)o1. The summed E-state index contributed by atoms with van der Waals surface area (Å²) in [6.45, 7) is 2.20. The highest BCUT2D eigenvalue weighted by Crippen LogP contribution is 2.24. The normalized spacial score (nSPS) is 10.9. The summed E-state index contributed by atoms with van der Waals surface area (Å²) >= 11 is 1.34. The number of para-hydroxylation sites is 1. The van der Waals surface area contributed by atoms with Crippen molar-refractivity contribution in [3.8, 4) is 17.2 Å². The van der Waals surface area contributed by atoms with Gasteiger partial charge in [0.05, 0.1) is 5.75 Å². The number of hydrogen-bond donors (Lipinski definition) is 0. The van der Waals surface area contributed by atoms with Crippen LogP contribution in [0.3, 0.4) is 0 Å². The van der Waals surface area contributed by atoms with Gasteiger partial charge in [-0.25, -0.2) is 0 Å². The van der Waals surface area contributed by atoms with Crippen LogP contribution in [0.5, 0.6) is 5.75 Å². The lowest BCUT2D eigenvalue weighted by Crippen LogP contribution is -1.97. The molecule has 0 unspecified atom stereocenters. The zero-order valence-corrected chi connectivity index (χ0v) is 15.3. The second kappa shape index (κ2) is 8.05. The van der Waals surface area contributed by atoms with E-state index in [4.69, 9.17) is 13.6 Å². The lowest BCUT2D eigenvalue weighted by molar-refractivity contribution is 0.250. The Morgan fingerprint density at radius 1 is 0.852 bits per heavy atom. The van der Waals surface area contributed by atoms with Crippen LogP contribution in [-0.4, -0.2) is 20.4 Å². The molecule has 4 aromatic rings. The van der Waals surface area contributed by atoms with Gasteiger partial charge >= 0.3 is 0 Å². The van der Waals surface area contributed by atoms with Crippen molar-refractivity contribution in [1.82, 2.24) is 20.4 Å². The first kappa shape index (κ1) is 17.3. The summed E-state index contributed by atoms with van der Waals surface area (Å²) < 4.78 is 16.9. The third kappa shape index (κ3) is 4.35. The molecule has 0 aliphatic rings. The maximum Gasteiger partial charge on any atom is 0.277 e. The number of benzene rings is 2. The Balaban J connectivity index is 1.32. The Kier molecular flexibility index (Phi) is 5.15. The van der Waals surface area contributed by atoms with E-state index in [0.29, 0.717) is 28.6 Å². The molecule has 0 radical (unpaired) electrons. The molecule has 0 aliphatic heterocycles. The molecule has 2 aromatic heterocycles. The number of hydrogen-bond acceptors (Lipinski definition) is 8. The summed E-state index contributed by atoms with van der Waals surface area (Å²) in [5, 5.41) is 16.5. The first-order valence-corrected chi connectivity index (χ1v) is 9.28. The Bertz CT molecular complexity index is 1020. The highest BCUT2D eigenvalue weighted by atomic mass is 32.2. The minimum atomic E-state index is 0.219. The predicted octanol–water partition coefficient (Wildman–Crippen LogP) is 4.30. The topological polar surface area (TPSA) is 87.1 Å². The van der Waals surface area contributed by atoms with E-state index in [1.807, 2.05) is 61.5 Å². The van der Waals surface area contributed by atoms with Gasteiger partial charge in [0, 0.05) is 5.56 Å². The molecule has 0 saturated carbocycles. The van der Waals surface area contributed by atoms with Crippen molar-refractivity contribution in [3.05, 3.63) is 71.9 Å². The lowest BCUT2D eigenvalue weighted by atomic mass is 10.2. The fourth-order valence-electron chi connectivity index (χ4n) is 2.35. The van der Waals surface area contributed by atoms with Gasteiger partial charge in [-0.3, -0.25) is 0 Å². The number of nitrogens with zero attached hydrogens (tertiary/aromatic N) is 4. The van der Waals surface area contributed by atoms with E-state index in [0.717, 1.165) is 16.9 Å². The van der Waals surface area contributed by atoms with Crippen molar-refractivity contribution in [2.45, 2.75) is 24.5 Å². The highest BCUT2D eigenvalue weighted by molar-refractivity contribution is 7.98. The number of aryl methyl sites for hydroxylation is 1. The Morgan fingerprint density at radius 2 is 1.63 bits per heavy atom. The van der Waals surface area contributed by atoms with Crippen LogP contribution in [-0.2, 0) is 12.4 Å². The van der Waals surface area contributed by atoms with Crippen LogP contribution >= 0.6 is 11.8 Å². The summed E-state index contributed by atoms with van der Waals surface area (Å²) in [5.41, 5.74) is 1.94. The summed E-state index contributed by atoms with van der Waals surface area (Å²) in [7, 11) is 0. The zero-order valence-electron chi connectivity index (χ0n) is 14.5. The average molecular weight is 380 g/mol. The standard InChI is InChI=1S/C19H16N4O3S/c1-13-7-5-6-10-15(13)24-11-16-20-23-19(26-16)27-12-17-21-22-18(25-17)14-8-3-2-4-9-14/h2-10H,11-12H2,1H3. The number of thioether (sulfide) groups is 1. The molecule has 0 N–H and O–H groups in total. The van der Waals surface area contributed by atoms with Crippen LogP contribution in [0.2, 0.25) is 0 Å². The average Bonchev–Trinajstić information content (AvgIpc) is 3.36. The predicted molar refractivity (Wildman–Crippen MR) is 99.1 cm³/mol. The van der Waals surface area contributed by atoms with Crippen LogP contribution < -0.4 is 4.74 Å². The fraction of sp³-hybridized carbons (Fsp3) is 0.158. The van der Waals surface area contributed by atoms with Crippen molar-refractivity contribution in [1.29, 1.82) is 0 Å². The van der Waals surface area contributed by atoms with Crippen LogP contribution in [0, 0.1) is 6.92 Å². The molecule has 2 aromatic carbocycles. The number of ether oxygens (including phenoxy) is 1. The van der Waals surface area contributed by atoms with Crippen molar-refractivity contribution in [2.24, 2.45) is 0 Å². The molecule has 0 atom stereocenters. The molecule has 0 fully saturated rings. The molecule has 0 spiro atoms. The Labute approximate surface area is 159 Å². The van der Waals surface area contributed by atoms with Gasteiger partial charge in [0.25, 0.3) is 11.1 Å². The van der Waals surface area contributed by atoms with Crippen molar-refractivity contribution in [3.63, 3.8) is 0 Å². The maximum absolute atomic E-state index is 5.70. The van der Waals surface area contributed by atoms with Gasteiger partial charge in [0.1, 0.15) is 5.75 Å². The van der Waals surface area contributed by atoms with Crippen molar-refractivity contribution in [2.75, 3.05) is 0 Å². The molecule has 27 heavy (non-hydrogen) atoms. The van der Waals surface area contributed by atoms with E-state index >= 15 is 0 Å². The van der Waals surface area contributed by atoms with Gasteiger partial charge in [-0.1, -0.05) is 48.2 Å². The van der Waals surface area contributed by atoms with E-state index in [-0.39, 0.29) is 6.61 Å². The first-order chi connectivity index (χ1) is 13.3. The van der Waals surface area contributed by atoms with E-state index in [1.54, 1.807) is 0 Å². The van der Waals surface area contributed by atoms with Gasteiger partial charge in [0.2, 0.25) is 11.8 Å². The second-order valence-electron chi connectivity index (χ2n) is 5.67. The lowest BCUT2D eigenvalue weighted by Gasteiger charge is -2.05. The second-order valence-corrected chi connectivity index (χ2v) is 6.60. The molecule has 7 nitrogen and oxygen atoms in total. The maximum atomic E-state index is 5.70. The van der Waals surface area contributed by atoms with Crippen molar-refractivity contribution >= 4 is 11.8 Å². The molecular weight excluding hydrogens is 364 g/mol. The summed E-state index contributed by atoms with van der Waals surface area (Å²) in [6, 6.07) is 17.4. The third-order valence-electron chi connectivity index (χ3n) is 3.70. The molecule has 4 rings (SSSR count). The van der Waals surface area contributed by atoms with Gasteiger partial charge in [-0.15, -0.1) is 20.4 Å². The summed E-state index contributed by atoms with van der Waals surface area (Å²) in [5.74, 6) is 2.64. The van der Waals surface area contributed by atoms with Gasteiger partial charge in [-0.2, -0.15) is 0 Å². The van der Waals surface area contributed by atoms with Crippen molar-refractivity contribution < 1.29 is 13.6 Å². The minimum absolute atomic E-state index is 0.219. The number of aromatic nitrogens is 4. The smallest absolute Gasteiger partial charge is 0.277 e. The molecule has 8 heteroatoms. The fourth-order valence-corrected chi connectivity index (χ4v) is 2.96. The largest absolute Gasteiger partial charge is 0.484 e. The quantitative estimate of drug-likeness (QED) is 0.439. The van der Waals surface area contributed by atoms with Gasteiger partial charge < -0.3 is 13.6 Å². The zero-order chi connectivity index (χ0) is 18.5. The highest BCUT2D eigenvalue weighted by Gasteiger charge is 2.12. The monoisotopic (exact) mass is 380 g/mol. The molecule has 0 amide bonds. The molecular formula is C19H16N4O3S. The Hall–Kier alpha value is -3.13. The molecule has 136 valence electrons. The van der Waals surface area contributed by atoms with Crippen LogP contribution in [0.15, 0.2) is 68.7 Å². The minimum Gasteiger partial charge on any atom is -0.484 e. The van der Waals surface area contributed by atoms with Crippen LogP contribution in [0.4, 0.5) is 0 Å². The Morgan fingerprint density at radius 3 is 2.48 bits per heavy atom. The van der Waals surface area contributed by atoms with E-state index in [2.05, 4.69) is 20.4 Å². The third-order valence-corrected chi connectivity index (χ3v) is 4.50. The molecule has 0 bridgehead atoms. The summed E-state index contributed by atoms with van der Waals surface area (Å²) in [4.78, 5) is 0. The van der Waals surface area contributed by atoms with E-state index in [9.17, 15) is 0 Å². The van der Waals surface area contributed by atoms with E-state index < -0.39 is 0 Å². The molecule has 0 aliphatic carbocycles. The van der Waals surface area contributed by atoms with Crippen LogP contribution in [0.25, 0.3) is 11.5 Å². The number of rotatable bonds is 7. The van der Waals surface area contributed by atoms with Gasteiger partial charge in [0.15, 0.2) is 6.61 Å². The molecule has 0 saturated heterocycles. The first-order valence-electron chi connectivity index (χ1n) is 8.29. The molecule has 2 heterocycles. The van der Waals surface area contributed by atoms with E-state index in [1.165, 1.54) is 11.8 Å². The van der Waals surface area contributed by atoms with Crippen LogP contribution in [0.1, 0.15) is 17.3 Å². The summed E-state index contributed by atoms with van der Waals surface area (Å²) in [6.07, 6.45) is 0. The van der Waals surface area contributed by atoms with Gasteiger partial charge in [-0.05, 0) is 30.7 Å².